The van der Waals surface area contributed by atoms with Crippen LogP contribution < -0.4 is 0 Å². The van der Waals surface area contributed by atoms with E-state index in [2.05, 4.69) is 0 Å². The topological polar surface area (TPSA) is 17.1 Å². The van der Waals surface area contributed by atoms with Gasteiger partial charge in [0.15, 0.2) is 5.78 Å². The maximum absolute atomic E-state index is 10.7. The Balaban J connectivity index is 2.46. The lowest BCUT2D eigenvalue weighted by atomic mass is 9.87. The predicted octanol–water partition coefficient (Wildman–Crippen LogP) is 1.07. The fourth-order valence-corrected chi connectivity index (χ4v) is 1.14. The molecule has 0 aliphatic heterocycles. The molecule has 0 fully saturated rings. The van der Waals surface area contributed by atoms with E-state index in [0.717, 1.165) is 12.0 Å². The zero-order valence-electron chi connectivity index (χ0n) is 4.42. The maximum atomic E-state index is 10.7. The Kier molecular flexibility index (Phi) is 0.562. The average Bonchev–Trinajstić information content (AvgIpc) is 1.80. The second-order valence-corrected chi connectivity index (χ2v) is 2.23. The zero-order chi connectivity index (χ0) is 5.56. The number of hydrogen-bond donors (Lipinski definition) is 0. The van der Waals surface area contributed by atoms with E-state index >= 15 is 0 Å². The average molecular weight is 106 g/mol. The van der Waals surface area contributed by atoms with Gasteiger partial charge in [0.25, 0.3) is 0 Å². The van der Waals surface area contributed by atoms with Crippen LogP contribution in [0.3, 0.4) is 0 Å². The van der Waals surface area contributed by atoms with Gasteiger partial charge in [0.2, 0.25) is 0 Å². The van der Waals surface area contributed by atoms with E-state index in [4.69, 9.17) is 0 Å². The molecule has 1 heteroatoms. The number of hydrogen-bond acceptors (Lipinski definition) is 1. The highest BCUT2D eigenvalue weighted by Gasteiger charge is 2.27. The third-order valence-corrected chi connectivity index (χ3v) is 1.76. The fourth-order valence-electron chi connectivity index (χ4n) is 1.14. The van der Waals surface area contributed by atoms with Gasteiger partial charge in [0, 0.05) is 11.5 Å². The second-order valence-electron chi connectivity index (χ2n) is 2.23. The Morgan fingerprint density at radius 3 is 2.75 bits per heavy atom. The highest BCUT2D eigenvalue weighted by atomic mass is 16.1. The summed E-state index contributed by atoms with van der Waals surface area (Å²) in [5, 5.41) is 0. The third-order valence-electron chi connectivity index (χ3n) is 1.76. The molecule has 2 aliphatic rings. The SMILES string of the molecule is O=C1C=CC2CC=C12. The van der Waals surface area contributed by atoms with Crippen LogP contribution >= 0.6 is 0 Å². The van der Waals surface area contributed by atoms with Crippen molar-refractivity contribution in [2.75, 3.05) is 0 Å². The highest BCUT2D eigenvalue weighted by molar-refractivity contribution is 6.08. The van der Waals surface area contributed by atoms with E-state index in [1.165, 1.54) is 0 Å². The Hall–Kier alpha value is -0.850. The first-order valence-corrected chi connectivity index (χ1v) is 2.80. The smallest absolute Gasteiger partial charge is 0.181 e. The lowest BCUT2D eigenvalue weighted by Crippen LogP contribution is -2.09. The van der Waals surface area contributed by atoms with Gasteiger partial charge in [-0.05, 0) is 12.5 Å². The van der Waals surface area contributed by atoms with Crippen LogP contribution in [0.2, 0.25) is 0 Å². The zero-order valence-corrected chi connectivity index (χ0v) is 4.42. The molecule has 1 atom stereocenters. The van der Waals surface area contributed by atoms with Crippen LogP contribution in [0.4, 0.5) is 0 Å². The normalized spacial score (nSPS) is 31.8. The molecule has 0 N–H and O–H groups in total. The molecule has 1 nitrogen and oxygen atoms in total. The first kappa shape index (κ1) is 4.07. The summed E-state index contributed by atoms with van der Waals surface area (Å²) in [6.45, 7) is 0. The summed E-state index contributed by atoms with van der Waals surface area (Å²) in [5.41, 5.74) is 1.02. The second kappa shape index (κ2) is 1.10. The number of carbonyl (C=O) groups is 1. The molecule has 0 aromatic rings. The fraction of sp³-hybridized carbons (Fsp3) is 0.286. The van der Waals surface area contributed by atoms with Gasteiger partial charge in [-0.15, -0.1) is 0 Å². The van der Waals surface area contributed by atoms with Gasteiger partial charge >= 0.3 is 0 Å². The molecule has 0 radical (unpaired) electrons. The minimum absolute atomic E-state index is 0.223. The Morgan fingerprint density at radius 2 is 2.50 bits per heavy atom. The molecule has 0 aromatic carbocycles. The van der Waals surface area contributed by atoms with Gasteiger partial charge in [-0.1, -0.05) is 12.2 Å². The van der Waals surface area contributed by atoms with Crippen molar-refractivity contribution in [3.8, 4) is 0 Å². The molecule has 8 heavy (non-hydrogen) atoms. The van der Waals surface area contributed by atoms with Crippen LogP contribution in [0.1, 0.15) is 6.42 Å². The van der Waals surface area contributed by atoms with Crippen molar-refractivity contribution >= 4 is 5.78 Å². The summed E-state index contributed by atoms with van der Waals surface area (Å²) < 4.78 is 0. The van der Waals surface area contributed by atoms with Crippen molar-refractivity contribution in [1.82, 2.24) is 0 Å². The molecule has 2 rings (SSSR count). The maximum Gasteiger partial charge on any atom is 0.181 e. The standard InChI is InChI=1S/C7H6O/c8-7-4-2-5-1-3-6(5)7/h2-5H,1H2. The van der Waals surface area contributed by atoms with Gasteiger partial charge < -0.3 is 0 Å². The van der Waals surface area contributed by atoms with Gasteiger partial charge in [0.05, 0.1) is 0 Å². The molecule has 0 aromatic heterocycles. The number of carbonyl (C=O) groups excluding carboxylic acids is 1. The van der Waals surface area contributed by atoms with Crippen LogP contribution in [0.15, 0.2) is 23.8 Å². The summed E-state index contributed by atoms with van der Waals surface area (Å²) in [7, 11) is 0. The van der Waals surface area contributed by atoms with Gasteiger partial charge in [-0.25, -0.2) is 0 Å². The lowest BCUT2D eigenvalue weighted by molar-refractivity contribution is -0.111. The monoisotopic (exact) mass is 106 g/mol. The van der Waals surface area contributed by atoms with Crippen LogP contribution in [0.5, 0.6) is 0 Å². The van der Waals surface area contributed by atoms with Crippen molar-refractivity contribution in [2.45, 2.75) is 6.42 Å². The first-order valence-electron chi connectivity index (χ1n) is 2.80. The number of rotatable bonds is 0. The quantitative estimate of drug-likeness (QED) is 0.451. The van der Waals surface area contributed by atoms with E-state index in [1.54, 1.807) is 6.08 Å². The summed E-state index contributed by atoms with van der Waals surface area (Å²) >= 11 is 0. The summed E-state index contributed by atoms with van der Waals surface area (Å²) in [6, 6.07) is 0. The molecule has 2 aliphatic carbocycles. The third kappa shape index (κ3) is 0.302. The number of fused-ring (bicyclic) bond motifs is 1. The van der Waals surface area contributed by atoms with Crippen molar-refractivity contribution in [3.05, 3.63) is 23.8 Å². The molecule has 40 valence electrons. The van der Waals surface area contributed by atoms with Gasteiger partial charge in [0.1, 0.15) is 0 Å². The largest absolute Gasteiger partial charge is 0.290 e. The van der Waals surface area contributed by atoms with E-state index < -0.39 is 0 Å². The first-order chi connectivity index (χ1) is 3.88. The van der Waals surface area contributed by atoms with Crippen LogP contribution in [-0.4, -0.2) is 5.78 Å². The van der Waals surface area contributed by atoms with Crippen LogP contribution in [0.25, 0.3) is 0 Å². The molecule has 1 unspecified atom stereocenters. The number of allylic oxidation sites excluding steroid dienone is 4. The summed E-state index contributed by atoms with van der Waals surface area (Å²) in [6.07, 6.45) is 6.74. The van der Waals surface area contributed by atoms with Gasteiger partial charge in [-0.3, -0.25) is 4.79 Å². The van der Waals surface area contributed by atoms with E-state index in [1.807, 2.05) is 12.2 Å². The van der Waals surface area contributed by atoms with E-state index in [9.17, 15) is 4.79 Å². The molecule has 0 saturated carbocycles. The lowest BCUT2D eigenvalue weighted by Gasteiger charge is -2.15. The molecule has 0 spiro atoms. The molecule has 0 heterocycles. The molecule has 0 amide bonds. The Morgan fingerprint density at radius 1 is 1.62 bits per heavy atom. The van der Waals surface area contributed by atoms with E-state index in [-0.39, 0.29) is 5.78 Å². The van der Waals surface area contributed by atoms with Crippen molar-refractivity contribution in [2.24, 2.45) is 5.92 Å². The minimum Gasteiger partial charge on any atom is -0.290 e. The van der Waals surface area contributed by atoms with Crippen LogP contribution in [-0.2, 0) is 4.79 Å². The van der Waals surface area contributed by atoms with Crippen molar-refractivity contribution < 1.29 is 4.79 Å². The highest BCUT2D eigenvalue weighted by Crippen LogP contribution is 2.33. The van der Waals surface area contributed by atoms with Crippen LogP contribution in [0, 0.1) is 5.92 Å². The Labute approximate surface area is 47.7 Å². The molecular formula is C7H6O. The van der Waals surface area contributed by atoms with Crippen molar-refractivity contribution in [3.63, 3.8) is 0 Å². The molecule has 0 bridgehead atoms. The Bertz CT molecular complexity index is 198. The summed E-state index contributed by atoms with van der Waals surface area (Å²) in [5.74, 6) is 0.726. The van der Waals surface area contributed by atoms with E-state index in [0.29, 0.717) is 5.92 Å². The minimum atomic E-state index is 0.223. The number of ketones is 1. The van der Waals surface area contributed by atoms with Gasteiger partial charge in [-0.2, -0.15) is 0 Å². The predicted molar refractivity (Wildman–Crippen MR) is 30.3 cm³/mol. The molecular weight excluding hydrogens is 100 g/mol. The molecule has 0 saturated heterocycles. The van der Waals surface area contributed by atoms with Crippen molar-refractivity contribution in [1.29, 1.82) is 0 Å². The summed E-state index contributed by atoms with van der Waals surface area (Å²) in [4.78, 5) is 10.7.